The SMILES string of the molecule is Cc1noc2c1[C@H](c1cc(Cl)ccc1O)C1=C(CC(C)(C)CC1=O)N2. The maximum Gasteiger partial charge on any atom is 0.233 e. The number of hydrogen-bond donors (Lipinski definition) is 2. The molecule has 6 heteroatoms. The lowest BCUT2D eigenvalue weighted by Gasteiger charge is -2.37. The van der Waals surface area contributed by atoms with Gasteiger partial charge in [-0.25, -0.2) is 0 Å². The summed E-state index contributed by atoms with van der Waals surface area (Å²) in [7, 11) is 0. The molecule has 2 aliphatic rings. The van der Waals surface area contributed by atoms with Crippen LogP contribution in [0.15, 0.2) is 34.0 Å². The Bertz CT molecular complexity index is 927. The lowest BCUT2D eigenvalue weighted by Crippen LogP contribution is -2.33. The molecule has 25 heavy (non-hydrogen) atoms. The number of nitrogens with one attached hydrogen (secondary N) is 1. The van der Waals surface area contributed by atoms with Crippen LogP contribution >= 0.6 is 11.6 Å². The van der Waals surface area contributed by atoms with E-state index in [0.717, 1.165) is 17.7 Å². The summed E-state index contributed by atoms with van der Waals surface area (Å²) in [5.41, 5.74) is 3.46. The lowest BCUT2D eigenvalue weighted by molar-refractivity contribution is -0.118. The number of Topliss-reactive ketones (excluding diaryl/α,β-unsaturated/α-hetero) is 1. The number of phenolic OH excluding ortho intramolecular Hbond substituents is 1. The minimum absolute atomic E-state index is 0.0781. The first kappa shape index (κ1) is 16.2. The molecular formula is C19H19ClN2O3. The number of allylic oxidation sites excluding steroid dienone is 2. The van der Waals surface area contributed by atoms with Crippen LogP contribution in [0.4, 0.5) is 5.88 Å². The summed E-state index contributed by atoms with van der Waals surface area (Å²) in [6.07, 6.45) is 1.19. The second-order valence-corrected chi connectivity index (χ2v) is 8.04. The van der Waals surface area contributed by atoms with Crippen LogP contribution in [0.5, 0.6) is 5.75 Å². The van der Waals surface area contributed by atoms with Crippen LogP contribution in [0.2, 0.25) is 5.02 Å². The molecule has 5 nitrogen and oxygen atoms in total. The largest absolute Gasteiger partial charge is 0.508 e. The molecule has 130 valence electrons. The molecule has 0 unspecified atom stereocenters. The van der Waals surface area contributed by atoms with E-state index in [2.05, 4.69) is 24.3 Å². The van der Waals surface area contributed by atoms with Crippen molar-refractivity contribution in [2.24, 2.45) is 5.41 Å². The number of hydrogen-bond acceptors (Lipinski definition) is 5. The fraction of sp³-hybridized carbons (Fsp3) is 0.368. The van der Waals surface area contributed by atoms with E-state index in [0.29, 0.717) is 34.2 Å². The van der Waals surface area contributed by atoms with Gasteiger partial charge in [0.25, 0.3) is 0 Å². The first-order valence-electron chi connectivity index (χ1n) is 8.25. The van der Waals surface area contributed by atoms with Crippen LogP contribution in [0.3, 0.4) is 0 Å². The van der Waals surface area contributed by atoms with Gasteiger partial charge in [-0.15, -0.1) is 0 Å². The van der Waals surface area contributed by atoms with Gasteiger partial charge in [-0.05, 0) is 37.0 Å². The normalized spacial score (nSPS) is 21.6. The van der Waals surface area contributed by atoms with E-state index >= 15 is 0 Å². The number of aromatic hydroxyl groups is 1. The highest BCUT2D eigenvalue weighted by Gasteiger charge is 2.43. The van der Waals surface area contributed by atoms with Crippen LogP contribution in [0.25, 0.3) is 0 Å². The predicted molar refractivity (Wildman–Crippen MR) is 94.9 cm³/mol. The van der Waals surface area contributed by atoms with Gasteiger partial charge in [0, 0.05) is 28.3 Å². The van der Waals surface area contributed by atoms with Gasteiger partial charge in [-0.1, -0.05) is 30.6 Å². The minimum atomic E-state index is -0.431. The first-order chi connectivity index (χ1) is 11.8. The number of rotatable bonds is 1. The zero-order chi connectivity index (χ0) is 17.9. The van der Waals surface area contributed by atoms with E-state index in [1.54, 1.807) is 18.2 Å². The molecule has 0 saturated heterocycles. The van der Waals surface area contributed by atoms with Gasteiger partial charge >= 0.3 is 0 Å². The van der Waals surface area contributed by atoms with Gasteiger partial charge < -0.3 is 14.9 Å². The van der Waals surface area contributed by atoms with Crippen LogP contribution in [0, 0.1) is 12.3 Å². The molecular weight excluding hydrogens is 340 g/mol. The van der Waals surface area contributed by atoms with Crippen LogP contribution in [0.1, 0.15) is 49.4 Å². The number of anilines is 1. The molecule has 2 heterocycles. The maximum atomic E-state index is 13.0. The number of carbonyl (C=O) groups excluding carboxylic acids is 1. The highest BCUT2D eigenvalue weighted by atomic mass is 35.5. The maximum absolute atomic E-state index is 13.0. The Morgan fingerprint density at radius 1 is 1.36 bits per heavy atom. The number of halogens is 1. The average molecular weight is 359 g/mol. The summed E-state index contributed by atoms with van der Waals surface area (Å²) in [5.74, 6) is 0.285. The zero-order valence-electron chi connectivity index (χ0n) is 14.3. The zero-order valence-corrected chi connectivity index (χ0v) is 15.1. The van der Waals surface area contributed by atoms with Crippen molar-refractivity contribution in [3.8, 4) is 5.75 Å². The van der Waals surface area contributed by atoms with E-state index in [9.17, 15) is 9.90 Å². The number of ketones is 1. The lowest BCUT2D eigenvalue weighted by atomic mass is 9.69. The molecule has 2 N–H and O–H groups in total. The molecule has 1 atom stereocenters. The fourth-order valence-electron chi connectivity index (χ4n) is 3.94. The molecule has 1 aliphatic heterocycles. The van der Waals surface area contributed by atoms with Crippen molar-refractivity contribution in [3.05, 3.63) is 51.3 Å². The van der Waals surface area contributed by atoms with Crippen LogP contribution < -0.4 is 5.32 Å². The summed E-state index contributed by atoms with van der Waals surface area (Å²) < 4.78 is 5.44. The van der Waals surface area contributed by atoms with Crippen molar-refractivity contribution in [1.29, 1.82) is 0 Å². The molecule has 0 amide bonds. The van der Waals surface area contributed by atoms with E-state index < -0.39 is 5.92 Å². The Morgan fingerprint density at radius 2 is 2.12 bits per heavy atom. The van der Waals surface area contributed by atoms with Crippen molar-refractivity contribution in [3.63, 3.8) is 0 Å². The third kappa shape index (κ3) is 2.54. The summed E-state index contributed by atoms with van der Waals surface area (Å²) in [4.78, 5) is 13.0. The Hall–Kier alpha value is -2.27. The molecule has 1 aliphatic carbocycles. The highest BCUT2D eigenvalue weighted by Crippen LogP contribution is 2.51. The van der Waals surface area contributed by atoms with Crippen molar-refractivity contribution >= 4 is 23.3 Å². The molecule has 0 radical (unpaired) electrons. The average Bonchev–Trinajstić information content (AvgIpc) is 2.87. The van der Waals surface area contributed by atoms with Crippen molar-refractivity contribution in [2.45, 2.75) is 39.5 Å². The van der Waals surface area contributed by atoms with Gasteiger partial charge in [0.2, 0.25) is 5.88 Å². The molecule has 0 spiro atoms. The number of aromatic nitrogens is 1. The number of nitrogens with zero attached hydrogens (tertiary/aromatic N) is 1. The number of carbonyl (C=O) groups is 1. The number of aryl methyl sites for hydroxylation is 1. The first-order valence-corrected chi connectivity index (χ1v) is 8.62. The Balaban J connectivity index is 1.98. The topological polar surface area (TPSA) is 75.4 Å². The number of benzene rings is 1. The third-order valence-electron chi connectivity index (χ3n) is 4.97. The van der Waals surface area contributed by atoms with Crippen molar-refractivity contribution in [1.82, 2.24) is 5.16 Å². The Morgan fingerprint density at radius 3 is 2.88 bits per heavy atom. The fourth-order valence-corrected chi connectivity index (χ4v) is 4.12. The number of phenols is 1. The van der Waals surface area contributed by atoms with Crippen molar-refractivity contribution in [2.75, 3.05) is 5.32 Å². The molecule has 1 aromatic carbocycles. The molecule has 4 rings (SSSR count). The predicted octanol–water partition coefficient (Wildman–Crippen LogP) is 4.54. The van der Waals surface area contributed by atoms with Gasteiger partial charge in [-0.3, -0.25) is 4.79 Å². The van der Waals surface area contributed by atoms with Gasteiger partial charge in [-0.2, -0.15) is 0 Å². The standard InChI is InChI=1S/C19H19ClN2O3/c1-9-15-16(11-6-10(20)4-5-13(11)23)17-12(21-18(15)25-22-9)7-19(2,3)8-14(17)24/h4-6,16,21,23H,7-8H2,1-3H3/t16-/m0/s1. The Labute approximate surface area is 150 Å². The van der Waals surface area contributed by atoms with Gasteiger partial charge in [0.05, 0.1) is 17.2 Å². The van der Waals surface area contributed by atoms with Crippen molar-refractivity contribution < 1.29 is 14.4 Å². The second kappa shape index (κ2) is 5.36. The third-order valence-corrected chi connectivity index (χ3v) is 5.21. The Kier molecular flexibility index (Phi) is 3.48. The highest BCUT2D eigenvalue weighted by molar-refractivity contribution is 6.30. The van der Waals surface area contributed by atoms with E-state index in [1.807, 2.05) is 6.92 Å². The quantitative estimate of drug-likeness (QED) is 0.782. The molecule has 0 fully saturated rings. The van der Waals surface area contributed by atoms with Gasteiger partial charge in [0.1, 0.15) is 5.75 Å². The van der Waals surface area contributed by atoms with Crippen LogP contribution in [-0.2, 0) is 4.79 Å². The summed E-state index contributed by atoms with van der Waals surface area (Å²) in [6, 6.07) is 4.89. The number of fused-ring (bicyclic) bond motifs is 1. The monoisotopic (exact) mass is 358 g/mol. The molecule has 1 aromatic heterocycles. The molecule has 2 aromatic rings. The molecule has 0 saturated carbocycles. The van der Waals surface area contributed by atoms with Gasteiger partial charge in [0.15, 0.2) is 5.78 Å². The molecule has 0 bridgehead atoms. The summed E-state index contributed by atoms with van der Waals surface area (Å²) >= 11 is 6.17. The second-order valence-electron chi connectivity index (χ2n) is 7.61. The van der Waals surface area contributed by atoms with Crippen LogP contribution in [-0.4, -0.2) is 16.0 Å². The summed E-state index contributed by atoms with van der Waals surface area (Å²) in [6.45, 7) is 5.98. The minimum Gasteiger partial charge on any atom is -0.508 e. The van der Waals surface area contributed by atoms with E-state index in [1.165, 1.54) is 0 Å². The summed E-state index contributed by atoms with van der Waals surface area (Å²) in [5, 5.41) is 18.3. The smallest absolute Gasteiger partial charge is 0.233 e. The van der Waals surface area contributed by atoms with E-state index in [-0.39, 0.29) is 16.9 Å². The van der Waals surface area contributed by atoms with E-state index in [4.69, 9.17) is 16.1 Å².